The van der Waals surface area contributed by atoms with Crippen LogP contribution in [0.3, 0.4) is 0 Å². The normalized spacial score (nSPS) is 20.4. The van der Waals surface area contributed by atoms with Gasteiger partial charge in [-0.2, -0.15) is 0 Å². The molecule has 1 aromatic rings. The zero-order chi connectivity index (χ0) is 21.2. The van der Waals surface area contributed by atoms with Crippen LogP contribution in [0.2, 0.25) is 0 Å². The molecule has 2 fully saturated rings. The van der Waals surface area contributed by atoms with E-state index in [0.717, 1.165) is 68.9 Å². The van der Waals surface area contributed by atoms with Crippen LogP contribution in [0, 0.1) is 18.8 Å². The van der Waals surface area contributed by atoms with Crippen molar-refractivity contribution >= 4 is 29.9 Å². The van der Waals surface area contributed by atoms with Crippen LogP contribution in [0.1, 0.15) is 43.7 Å². The first-order valence-electron chi connectivity index (χ1n) is 11.6. The van der Waals surface area contributed by atoms with Gasteiger partial charge in [0.05, 0.1) is 13.2 Å². The fraction of sp³-hybridized carbons (Fsp3) is 0.708. The lowest BCUT2D eigenvalue weighted by atomic mass is 9.99. The van der Waals surface area contributed by atoms with Gasteiger partial charge in [0.1, 0.15) is 5.75 Å². The molecular weight excluding hydrogens is 503 g/mol. The Kier molecular flexibility index (Phi) is 12.0. The van der Waals surface area contributed by atoms with Crippen LogP contribution in [-0.2, 0) is 11.3 Å². The number of benzene rings is 1. The Morgan fingerprint density at radius 3 is 2.74 bits per heavy atom. The Labute approximate surface area is 205 Å². The highest BCUT2D eigenvalue weighted by molar-refractivity contribution is 14.0. The SMILES string of the molecule is CN=C(NCCCN1CCC(C)CC1)NCc1ccc(C)cc1OCC1CCOC1.I. The summed E-state index contributed by atoms with van der Waals surface area (Å²) in [5.41, 5.74) is 2.37. The maximum absolute atomic E-state index is 6.16. The summed E-state index contributed by atoms with van der Waals surface area (Å²) in [4.78, 5) is 6.96. The largest absolute Gasteiger partial charge is 0.493 e. The number of nitrogens with zero attached hydrogens (tertiary/aromatic N) is 2. The van der Waals surface area contributed by atoms with Crippen molar-refractivity contribution in [3.05, 3.63) is 29.3 Å². The van der Waals surface area contributed by atoms with Gasteiger partial charge in [-0.15, -0.1) is 24.0 Å². The first-order chi connectivity index (χ1) is 14.6. The average Bonchev–Trinajstić information content (AvgIpc) is 3.27. The number of halogens is 1. The molecule has 1 aromatic carbocycles. The summed E-state index contributed by atoms with van der Waals surface area (Å²) in [5, 5.41) is 6.89. The summed E-state index contributed by atoms with van der Waals surface area (Å²) in [7, 11) is 1.83. The lowest BCUT2D eigenvalue weighted by molar-refractivity contribution is 0.166. The average molecular weight is 545 g/mol. The highest BCUT2D eigenvalue weighted by atomic mass is 127. The van der Waals surface area contributed by atoms with Gasteiger partial charge in [0, 0.05) is 38.2 Å². The van der Waals surface area contributed by atoms with E-state index in [0.29, 0.717) is 12.5 Å². The van der Waals surface area contributed by atoms with E-state index in [4.69, 9.17) is 9.47 Å². The van der Waals surface area contributed by atoms with Crippen LogP contribution in [0.25, 0.3) is 0 Å². The Hall–Kier alpha value is -1.06. The molecule has 2 aliphatic heterocycles. The number of hydrogen-bond donors (Lipinski definition) is 2. The maximum atomic E-state index is 6.16. The van der Waals surface area contributed by atoms with Crippen LogP contribution in [0.5, 0.6) is 5.75 Å². The highest BCUT2D eigenvalue weighted by Gasteiger charge is 2.17. The third-order valence-electron chi connectivity index (χ3n) is 6.21. The summed E-state index contributed by atoms with van der Waals surface area (Å²) < 4.78 is 11.6. The van der Waals surface area contributed by atoms with Gasteiger partial charge in [-0.25, -0.2) is 0 Å². The van der Waals surface area contributed by atoms with Crippen molar-refractivity contribution < 1.29 is 9.47 Å². The Balaban J connectivity index is 0.00000341. The van der Waals surface area contributed by atoms with Crippen LogP contribution >= 0.6 is 24.0 Å². The Bertz CT molecular complexity index is 672. The molecule has 0 radical (unpaired) electrons. The number of hydrogen-bond acceptors (Lipinski definition) is 4. The molecule has 176 valence electrons. The second-order valence-electron chi connectivity index (χ2n) is 8.88. The van der Waals surface area contributed by atoms with Crippen molar-refractivity contribution in [2.24, 2.45) is 16.8 Å². The van der Waals surface area contributed by atoms with Gasteiger partial charge in [-0.05, 0) is 69.8 Å². The Morgan fingerprint density at radius 2 is 2.03 bits per heavy atom. The predicted octanol–water partition coefficient (Wildman–Crippen LogP) is 3.82. The minimum Gasteiger partial charge on any atom is -0.493 e. The van der Waals surface area contributed by atoms with Crippen molar-refractivity contribution in [1.82, 2.24) is 15.5 Å². The van der Waals surface area contributed by atoms with Crippen LogP contribution in [-0.4, -0.2) is 63.9 Å². The summed E-state index contributed by atoms with van der Waals surface area (Å²) in [5.74, 6) is 3.20. The van der Waals surface area contributed by atoms with E-state index in [1.54, 1.807) is 0 Å². The zero-order valence-corrected chi connectivity index (χ0v) is 21.8. The molecule has 2 aliphatic rings. The molecule has 2 heterocycles. The minimum atomic E-state index is 0. The highest BCUT2D eigenvalue weighted by Crippen LogP contribution is 2.22. The third kappa shape index (κ3) is 9.14. The summed E-state index contributed by atoms with van der Waals surface area (Å²) in [6.45, 7) is 12.1. The fourth-order valence-electron chi connectivity index (χ4n) is 4.06. The van der Waals surface area contributed by atoms with Gasteiger partial charge < -0.3 is 25.0 Å². The molecule has 7 heteroatoms. The van der Waals surface area contributed by atoms with Crippen molar-refractivity contribution in [2.45, 2.75) is 46.1 Å². The summed E-state index contributed by atoms with van der Waals surface area (Å²) in [6.07, 6.45) is 4.90. The number of ether oxygens (including phenoxy) is 2. The minimum absolute atomic E-state index is 0. The lowest BCUT2D eigenvalue weighted by Crippen LogP contribution is -2.39. The first kappa shape index (κ1) is 26.2. The summed E-state index contributed by atoms with van der Waals surface area (Å²) >= 11 is 0. The number of aryl methyl sites for hydroxylation is 1. The van der Waals surface area contributed by atoms with Crippen molar-refractivity contribution in [3.63, 3.8) is 0 Å². The molecule has 1 atom stereocenters. The van der Waals surface area contributed by atoms with E-state index in [-0.39, 0.29) is 24.0 Å². The van der Waals surface area contributed by atoms with Gasteiger partial charge in [0.25, 0.3) is 0 Å². The van der Waals surface area contributed by atoms with Crippen LogP contribution < -0.4 is 15.4 Å². The topological polar surface area (TPSA) is 58.1 Å². The molecular formula is C24H41IN4O2. The van der Waals surface area contributed by atoms with E-state index >= 15 is 0 Å². The fourth-order valence-corrected chi connectivity index (χ4v) is 4.06. The van der Waals surface area contributed by atoms with E-state index in [1.807, 2.05) is 7.05 Å². The van der Waals surface area contributed by atoms with Crippen molar-refractivity contribution in [3.8, 4) is 5.75 Å². The molecule has 31 heavy (non-hydrogen) atoms. The lowest BCUT2D eigenvalue weighted by Gasteiger charge is -2.30. The van der Waals surface area contributed by atoms with Crippen LogP contribution in [0.15, 0.2) is 23.2 Å². The Morgan fingerprint density at radius 1 is 1.23 bits per heavy atom. The monoisotopic (exact) mass is 544 g/mol. The molecule has 2 N–H and O–H groups in total. The number of nitrogens with one attached hydrogen (secondary N) is 2. The van der Waals surface area contributed by atoms with E-state index in [1.165, 1.54) is 31.5 Å². The molecule has 3 rings (SSSR count). The predicted molar refractivity (Wildman–Crippen MR) is 139 cm³/mol. The molecule has 6 nitrogen and oxygen atoms in total. The van der Waals surface area contributed by atoms with E-state index < -0.39 is 0 Å². The van der Waals surface area contributed by atoms with Gasteiger partial charge in [-0.1, -0.05) is 19.1 Å². The van der Waals surface area contributed by atoms with Crippen LogP contribution in [0.4, 0.5) is 0 Å². The molecule has 2 saturated heterocycles. The van der Waals surface area contributed by atoms with Gasteiger partial charge in [0.2, 0.25) is 0 Å². The van der Waals surface area contributed by atoms with Gasteiger partial charge in [0.15, 0.2) is 5.96 Å². The molecule has 0 aliphatic carbocycles. The number of likely N-dealkylation sites (tertiary alicyclic amines) is 1. The van der Waals surface area contributed by atoms with Crippen molar-refractivity contribution in [1.29, 1.82) is 0 Å². The second-order valence-corrected chi connectivity index (χ2v) is 8.88. The summed E-state index contributed by atoms with van der Waals surface area (Å²) in [6, 6.07) is 6.41. The van der Waals surface area contributed by atoms with Crippen molar-refractivity contribution in [2.75, 3.05) is 53.0 Å². The molecule has 0 amide bonds. The second kappa shape index (κ2) is 14.2. The molecule has 0 bridgehead atoms. The smallest absolute Gasteiger partial charge is 0.191 e. The standard InChI is InChI=1S/C24H40N4O2.HI/c1-19-7-12-28(13-8-19)11-4-10-26-24(25-3)27-16-22-6-5-20(2)15-23(22)30-18-21-9-14-29-17-21;/h5-6,15,19,21H,4,7-14,16-18H2,1-3H3,(H2,25,26,27);1H. The number of guanidine groups is 1. The zero-order valence-electron chi connectivity index (χ0n) is 19.5. The van der Waals surface area contributed by atoms with Gasteiger partial charge in [-0.3, -0.25) is 4.99 Å². The molecule has 0 spiro atoms. The van der Waals surface area contributed by atoms with Gasteiger partial charge >= 0.3 is 0 Å². The molecule has 0 saturated carbocycles. The quantitative estimate of drug-likeness (QED) is 0.214. The number of piperidine rings is 1. The van der Waals surface area contributed by atoms with E-state index in [2.05, 4.69) is 52.6 Å². The van der Waals surface area contributed by atoms with E-state index in [9.17, 15) is 0 Å². The first-order valence-corrected chi connectivity index (χ1v) is 11.6. The number of aliphatic imine (C=N–C) groups is 1. The molecule has 0 aromatic heterocycles. The number of rotatable bonds is 9. The molecule has 1 unspecified atom stereocenters. The maximum Gasteiger partial charge on any atom is 0.191 e. The third-order valence-corrected chi connectivity index (χ3v) is 6.21.